The van der Waals surface area contributed by atoms with E-state index in [1.807, 2.05) is 0 Å². The highest BCUT2D eigenvalue weighted by Gasteiger charge is 2.43. The van der Waals surface area contributed by atoms with Gasteiger partial charge in [-0.25, -0.2) is 0 Å². The summed E-state index contributed by atoms with van der Waals surface area (Å²) in [6.07, 6.45) is 4.61. The highest BCUT2D eigenvalue weighted by molar-refractivity contribution is 5.97. The fraction of sp³-hybridized carbons (Fsp3) is 0.462. The lowest BCUT2D eigenvalue weighted by Crippen LogP contribution is -2.60. The molecule has 6 heteroatoms. The SMILES string of the molecule is COC(=O)CCC(=O)C1(NC(C)=O)C=CC=CC1O. The maximum absolute atomic E-state index is 12.2. The molecule has 0 aliphatic heterocycles. The molecular formula is C13H17NO5. The van der Waals surface area contributed by atoms with E-state index in [-0.39, 0.29) is 12.8 Å². The molecule has 19 heavy (non-hydrogen) atoms. The highest BCUT2D eigenvalue weighted by Crippen LogP contribution is 2.22. The Morgan fingerprint density at radius 1 is 1.32 bits per heavy atom. The first-order valence-corrected chi connectivity index (χ1v) is 5.85. The van der Waals surface area contributed by atoms with E-state index in [9.17, 15) is 19.5 Å². The lowest BCUT2D eigenvalue weighted by atomic mass is 9.82. The standard InChI is InChI=1S/C13H17NO5/c1-9(15)14-13(8-4-3-5-10(13)16)11(17)6-7-12(18)19-2/h3-5,8,10,16H,6-7H2,1-2H3,(H,14,15). The third-order valence-electron chi connectivity index (χ3n) is 2.86. The van der Waals surface area contributed by atoms with E-state index in [4.69, 9.17) is 0 Å². The predicted molar refractivity (Wildman–Crippen MR) is 67.1 cm³/mol. The van der Waals surface area contributed by atoms with Gasteiger partial charge in [-0.2, -0.15) is 0 Å². The minimum Gasteiger partial charge on any atom is -0.469 e. The van der Waals surface area contributed by atoms with Crippen molar-refractivity contribution in [2.75, 3.05) is 7.11 Å². The molecule has 0 spiro atoms. The van der Waals surface area contributed by atoms with E-state index < -0.39 is 29.3 Å². The summed E-state index contributed by atoms with van der Waals surface area (Å²) < 4.78 is 4.46. The summed E-state index contributed by atoms with van der Waals surface area (Å²) in [5.41, 5.74) is -1.51. The lowest BCUT2D eigenvalue weighted by Gasteiger charge is -2.34. The Bertz CT molecular complexity index is 440. The number of hydrogen-bond acceptors (Lipinski definition) is 5. The number of carbonyl (C=O) groups is 3. The van der Waals surface area contributed by atoms with Gasteiger partial charge >= 0.3 is 5.97 Å². The number of ether oxygens (including phenoxy) is 1. The van der Waals surface area contributed by atoms with E-state index in [2.05, 4.69) is 10.1 Å². The zero-order chi connectivity index (χ0) is 14.5. The molecular weight excluding hydrogens is 250 g/mol. The maximum atomic E-state index is 12.2. The van der Waals surface area contributed by atoms with Crippen molar-refractivity contribution in [3.8, 4) is 0 Å². The third-order valence-corrected chi connectivity index (χ3v) is 2.86. The summed E-state index contributed by atoms with van der Waals surface area (Å²) >= 11 is 0. The lowest BCUT2D eigenvalue weighted by molar-refractivity contribution is -0.143. The Balaban J connectivity index is 2.88. The van der Waals surface area contributed by atoms with Gasteiger partial charge in [0.25, 0.3) is 0 Å². The first kappa shape index (κ1) is 15.1. The molecule has 104 valence electrons. The van der Waals surface area contributed by atoms with E-state index in [1.165, 1.54) is 26.2 Å². The van der Waals surface area contributed by atoms with E-state index in [0.717, 1.165) is 0 Å². The van der Waals surface area contributed by atoms with Crippen LogP contribution in [-0.2, 0) is 19.1 Å². The molecule has 0 saturated heterocycles. The number of carbonyl (C=O) groups excluding carboxylic acids is 3. The molecule has 0 saturated carbocycles. The van der Waals surface area contributed by atoms with Gasteiger partial charge in [-0.1, -0.05) is 18.2 Å². The van der Waals surface area contributed by atoms with Crippen molar-refractivity contribution >= 4 is 17.7 Å². The number of hydrogen-bond donors (Lipinski definition) is 2. The van der Waals surface area contributed by atoms with Gasteiger partial charge in [0.15, 0.2) is 5.78 Å². The van der Waals surface area contributed by atoms with E-state index >= 15 is 0 Å². The van der Waals surface area contributed by atoms with Crippen molar-refractivity contribution in [2.45, 2.75) is 31.4 Å². The second-order valence-electron chi connectivity index (χ2n) is 4.24. The van der Waals surface area contributed by atoms with Crippen molar-refractivity contribution in [1.29, 1.82) is 0 Å². The predicted octanol–water partition coefficient (Wildman–Crippen LogP) is -0.130. The van der Waals surface area contributed by atoms with Gasteiger partial charge in [0, 0.05) is 13.3 Å². The van der Waals surface area contributed by atoms with E-state index in [1.54, 1.807) is 12.2 Å². The summed E-state index contributed by atoms with van der Waals surface area (Å²) in [6, 6.07) is 0. The Morgan fingerprint density at radius 3 is 2.53 bits per heavy atom. The van der Waals surface area contributed by atoms with E-state index in [0.29, 0.717) is 0 Å². The monoisotopic (exact) mass is 267 g/mol. The Kier molecular flexibility index (Phi) is 5.00. The van der Waals surface area contributed by atoms with Crippen LogP contribution in [0.3, 0.4) is 0 Å². The summed E-state index contributed by atoms with van der Waals surface area (Å²) in [4.78, 5) is 34.5. The summed E-state index contributed by atoms with van der Waals surface area (Å²) in [5, 5.41) is 12.4. The summed E-state index contributed by atoms with van der Waals surface area (Å²) in [6.45, 7) is 1.26. The van der Waals surface area contributed by atoms with Gasteiger partial charge in [-0.3, -0.25) is 14.4 Å². The van der Waals surface area contributed by atoms with Crippen LogP contribution in [0.1, 0.15) is 19.8 Å². The molecule has 0 aromatic carbocycles. The van der Waals surface area contributed by atoms with Crippen LogP contribution in [0.5, 0.6) is 0 Å². The molecule has 0 bridgehead atoms. The Morgan fingerprint density at radius 2 is 2.00 bits per heavy atom. The second kappa shape index (κ2) is 6.29. The number of methoxy groups -OCH3 is 1. The molecule has 1 aliphatic rings. The van der Waals surface area contributed by atoms with Crippen LogP contribution in [0, 0.1) is 0 Å². The molecule has 0 radical (unpaired) electrons. The second-order valence-corrected chi connectivity index (χ2v) is 4.24. The molecule has 1 rings (SSSR count). The number of esters is 1. The number of aliphatic hydroxyl groups is 1. The molecule has 0 heterocycles. The summed E-state index contributed by atoms with van der Waals surface area (Å²) in [5.74, 6) is -1.40. The van der Waals surface area contributed by atoms with Crippen LogP contribution < -0.4 is 5.32 Å². The Labute approximate surface area is 111 Å². The molecule has 0 aromatic rings. The van der Waals surface area contributed by atoms with Crippen molar-refractivity contribution in [3.05, 3.63) is 24.3 Å². The zero-order valence-electron chi connectivity index (χ0n) is 10.9. The van der Waals surface area contributed by atoms with Gasteiger partial charge in [0.2, 0.25) is 5.91 Å². The first-order valence-electron chi connectivity index (χ1n) is 5.85. The van der Waals surface area contributed by atoms with Crippen molar-refractivity contribution in [3.63, 3.8) is 0 Å². The molecule has 0 aromatic heterocycles. The minimum atomic E-state index is -1.51. The molecule has 6 nitrogen and oxygen atoms in total. The van der Waals surface area contributed by atoms with Crippen LogP contribution in [0.4, 0.5) is 0 Å². The van der Waals surface area contributed by atoms with Crippen LogP contribution in [0.15, 0.2) is 24.3 Å². The van der Waals surface area contributed by atoms with Gasteiger partial charge in [0.1, 0.15) is 11.6 Å². The zero-order valence-corrected chi connectivity index (χ0v) is 10.9. The van der Waals surface area contributed by atoms with Crippen LogP contribution in [0.2, 0.25) is 0 Å². The van der Waals surface area contributed by atoms with Crippen LogP contribution in [-0.4, -0.2) is 41.5 Å². The number of amides is 1. The topological polar surface area (TPSA) is 92.7 Å². The van der Waals surface area contributed by atoms with Crippen LogP contribution >= 0.6 is 0 Å². The largest absolute Gasteiger partial charge is 0.469 e. The quantitative estimate of drug-likeness (QED) is 0.677. The third kappa shape index (κ3) is 3.51. The molecule has 2 atom stereocenters. The summed E-state index contributed by atoms with van der Waals surface area (Å²) in [7, 11) is 1.23. The first-order chi connectivity index (χ1) is 8.92. The smallest absolute Gasteiger partial charge is 0.305 e. The van der Waals surface area contributed by atoms with Crippen molar-refractivity contribution in [1.82, 2.24) is 5.32 Å². The van der Waals surface area contributed by atoms with Crippen LogP contribution in [0.25, 0.3) is 0 Å². The molecule has 2 unspecified atom stereocenters. The number of nitrogens with one attached hydrogen (secondary N) is 1. The average Bonchev–Trinajstić information content (AvgIpc) is 2.37. The van der Waals surface area contributed by atoms with Gasteiger partial charge < -0.3 is 15.2 Å². The average molecular weight is 267 g/mol. The normalized spacial score (nSPS) is 24.9. The number of allylic oxidation sites excluding steroid dienone is 2. The number of aliphatic hydroxyl groups excluding tert-OH is 1. The van der Waals surface area contributed by atoms with Gasteiger partial charge in [0.05, 0.1) is 13.5 Å². The fourth-order valence-electron chi connectivity index (χ4n) is 1.89. The molecule has 0 fully saturated rings. The molecule has 1 amide bonds. The molecule has 2 N–H and O–H groups in total. The number of ketones is 1. The Hall–Kier alpha value is -1.95. The number of rotatable bonds is 5. The van der Waals surface area contributed by atoms with Gasteiger partial charge in [-0.05, 0) is 6.08 Å². The van der Waals surface area contributed by atoms with Crippen molar-refractivity contribution in [2.24, 2.45) is 0 Å². The van der Waals surface area contributed by atoms with Gasteiger partial charge in [-0.15, -0.1) is 0 Å². The van der Waals surface area contributed by atoms with Crippen molar-refractivity contribution < 1.29 is 24.2 Å². The fourth-order valence-corrected chi connectivity index (χ4v) is 1.89. The maximum Gasteiger partial charge on any atom is 0.305 e. The minimum absolute atomic E-state index is 0.0963. The molecule has 1 aliphatic carbocycles. The highest BCUT2D eigenvalue weighted by atomic mass is 16.5. The number of Topliss-reactive ketones (excluding diaryl/α,β-unsaturated/α-hetero) is 1.